The molecule has 1 saturated heterocycles. The molecule has 2 aromatic heterocycles. The Morgan fingerprint density at radius 3 is 2.92 bits per heavy atom. The highest BCUT2D eigenvalue weighted by Gasteiger charge is 2.55. The smallest absolute Gasteiger partial charge is 0.311 e. The highest BCUT2D eigenvalue weighted by molar-refractivity contribution is 5.99. The van der Waals surface area contributed by atoms with Gasteiger partial charge < -0.3 is 10.0 Å². The summed E-state index contributed by atoms with van der Waals surface area (Å²) in [7, 11) is 0. The Morgan fingerprint density at radius 2 is 2.24 bits per heavy atom. The molecule has 2 fully saturated rings. The van der Waals surface area contributed by atoms with Crippen LogP contribution in [0.4, 0.5) is 0 Å². The summed E-state index contributed by atoms with van der Waals surface area (Å²) in [4.78, 5) is 31.1. The highest BCUT2D eigenvalue weighted by Crippen LogP contribution is 2.49. The second-order valence-corrected chi connectivity index (χ2v) is 7.23. The molecule has 1 N–H and O–H groups in total. The van der Waals surface area contributed by atoms with Crippen LogP contribution in [0.1, 0.15) is 42.2 Å². The van der Waals surface area contributed by atoms with E-state index in [0.717, 1.165) is 30.4 Å². The van der Waals surface area contributed by atoms with Crippen LogP contribution in [0.3, 0.4) is 0 Å². The highest BCUT2D eigenvalue weighted by atomic mass is 16.4. The van der Waals surface area contributed by atoms with E-state index < -0.39 is 11.4 Å². The maximum atomic E-state index is 13.0. The summed E-state index contributed by atoms with van der Waals surface area (Å²) >= 11 is 0. The van der Waals surface area contributed by atoms with Gasteiger partial charge in [-0.2, -0.15) is 5.10 Å². The van der Waals surface area contributed by atoms with Gasteiger partial charge in [-0.05, 0) is 38.7 Å². The van der Waals surface area contributed by atoms with E-state index in [1.165, 1.54) is 0 Å². The van der Waals surface area contributed by atoms with Crippen molar-refractivity contribution < 1.29 is 14.7 Å². The Morgan fingerprint density at radius 1 is 1.44 bits per heavy atom. The Balaban J connectivity index is 1.67. The lowest BCUT2D eigenvalue weighted by Crippen LogP contribution is -2.37. The minimum Gasteiger partial charge on any atom is -0.481 e. The number of carbonyl (C=O) groups excluding carboxylic acids is 1. The number of pyridine rings is 1. The Bertz CT molecular complexity index is 875. The lowest BCUT2D eigenvalue weighted by molar-refractivity contribution is -0.149. The average Bonchev–Trinajstić information content (AvgIpc) is 3.25. The van der Waals surface area contributed by atoms with Crippen molar-refractivity contribution in [3.8, 4) is 0 Å². The SMILES string of the molecule is CCn1ncc2cc(C(=O)N3C[C@@H]4CCC[C@@]4(C(=O)O)C3)c(C)nc21. The summed E-state index contributed by atoms with van der Waals surface area (Å²) in [5.74, 6) is -0.820. The molecule has 2 aliphatic rings. The molecule has 0 radical (unpaired) electrons. The van der Waals surface area contributed by atoms with E-state index in [1.807, 2.05) is 19.9 Å². The van der Waals surface area contributed by atoms with Crippen LogP contribution < -0.4 is 0 Å². The Hall–Kier alpha value is -2.44. The number of rotatable bonds is 3. The van der Waals surface area contributed by atoms with E-state index in [-0.39, 0.29) is 11.8 Å². The first kappa shape index (κ1) is 16.1. The van der Waals surface area contributed by atoms with Crippen LogP contribution in [-0.2, 0) is 11.3 Å². The molecule has 1 saturated carbocycles. The first-order valence-electron chi connectivity index (χ1n) is 8.82. The van der Waals surface area contributed by atoms with Gasteiger partial charge in [0.15, 0.2) is 5.65 Å². The van der Waals surface area contributed by atoms with Gasteiger partial charge in [-0.1, -0.05) is 6.42 Å². The predicted molar refractivity (Wildman–Crippen MR) is 91.3 cm³/mol. The summed E-state index contributed by atoms with van der Waals surface area (Å²) in [6.45, 7) is 5.37. The molecule has 0 unspecified atom stereocenters. The summed E-state index contributed by atoms with van der Waals surface area (Å²) in [6, 6.07) is 1.83. The van der Waals surface area contributed by atoms with Crippen LogP contribution in [0, 0.1) is 18.3 Å². The van der Waals surface area contributed by atoms with Gasteiger partial charge in [-0.15, -0.1) is 0 Å². The van der Waals surface area contributed by atoms with Crippen LogP contribution in [0.15, 0.2) is 12.3 Å². The van der Waals surface area contributed by atoms with Crippen molar-refractivity contribution in [1.82, 2.24) is 19.7 Å². The quantitative estimate of drug-likeness (QED) is 0.923. The maximum Gasteiger partial charge on any atom is 0.311 e. The molecule has 2 aromatic rings. The average molecular weight is 342 g/mol. The number of hydrogen-bond donors (Lipinski definition) is 1. The molecule has 132 valence electrons. The number of aromatic nitrogens is 3. The van der Waals surface area contributed by atoms with Crippen LogP contribution in [-0.4, -0.2) is 49.7 Å². The van der Waals surface area contributed by atoms with Crippen LogP contribution in [0.2, 0.25) is 0 Å². The topological polar surface area (TPSA) is 88.3 Å². The lowest BCUT2D eigenvalue weighted by atomic mass is 9.81. The molecule has 1 aliphatic heterocycles. The second kappa shape index (κ2) is 5.54. The van der Waals surface area contributed by atoms with Crippen molar-refractivity contribution in [3.63, 3.8) is 0 Å². The van der Waals surface area contributed by atoms with Gasteiger partial charge in [0.2, 0.25) is 0 Å². The molecule has 2 atom stereocenters. The minimum absolute atomic E-state index is 0.0637. The van der Waals surface area contributed by atoms with Gasteiger partial charge in [0.25, 0.3) is 5.91 Å². The largest absolute Gasteiger partial charge is 0.481 e. The number of aliphatic carboxylic acids is 1. The van der Waals surface area contributed by atoms with Crippen molar-refractivity contribution in [1.29, 1.82) is 0 Å². The van der Waals surface area contributed by atoms with Crippen molar-refractivity contribution >= 4 is 22.9 Å². The van der Waals surface area contributed by atoms with Crippen molar-refractivity contribution in [2.24, 2.45) is 11.3 Å². The van der Waals surface area contributed by atoms with Gasteiger partial charge in [0.1, 0.15) is 0 Å². The van der Waals surface area contributed by atoms with E-state index in [2.05, 4.69) is 10.1 Å². The standard InChI is InChI=1S/C18H22N4O3/c1-3-22-15-12(8-19-22)7-14(11(2)20-15)16(23)21-9-13-5-4-6-18(13,10-21)17(24)25/h7-8,13H,3-6,9-10H2,1-2H3,(H,24,25)/t13-,18+/m0/s1. The molecule has 0 aromatic carbocycles. The summed E-state index contributed by atoms with van der Waals surface area (Å²) < 4.78 is 1.80. The zero-order valence-electron chi connectivity index (χ0n) is 14.5. The third kappa shape index (κ3) is 2.25. The fourth-order valence-electron chi connectivity index (χ4n) is 4.51. The van der Waals surface area contributed by atoms with Crippen molar-refractivity contribution in [2.75, 3.05) is 13.1 Å². The van der Waals surface area contributed by atoms with Crippen LogP contribution >= 0.6 is 0 Å². The first-order chi connectivity index (χ1) is 12.0. The monoisotopic (exact) mass is 342 g/mol. The first-order valence-corrected chi connectivity index (χ1v) is 8.82. The molecule has 0 bridgehead atoms. The molecule has 1 aliphatic carbocycles. The maximum absolute atomic E-state index is 13.0. The van der Waals surface area contributed by atoms with Gasteiger partial charge in [-0.3, -0.25) is 9.59 Å². The van der Waals surface area contributed by atoms with Crippen LogP contribution in [0.5, 0.6) is 0 Å². The molecule has 7 heteroatoms. The van der Waals surface area contributed by atoms with Gasteiger partial charge >= 0.3 is 5.97 Å². The van der Waals surface area contributed by atoms with E-state index in [0.29, 0.717) is 30.8 Å². The number of nitrogens with zero attached hydrogens (tertiary/aromatic N) is 4. The second-order valence-electron chi connectivity index (χ2n) is 7.23. The van der Waals surface area contributed by atoms with Crippen LogP contribution in [0.25, 0.3) is 11.0 Å². The molecular formula is C18H22N4O3. The number of aryl methyl sites for hydroxylation is 2. The fraction of sp³-hybridized carbons (Fsp3) is 0.556. The zero-order valence-corrected chi connectivity index (χ0v) is 14.5. The number of carboxylic acids is 1. The Kier molecular flexibility index (Phi) is 3.56. The molecule has 25 heavy (non-hydrogen) atoms. The van der Waals surface area contributed by atoms with Gasteiger partial charge in [-0.25, -0.2) is 9.67 Å². The molecule has 4 rings (SSSR count). The normalized spacial score (nSPS) is 25.5. The third-order valence-electron chi connectivity index (χ3n) is 5.92. The van der Waals surface area contributed by atoms with E-state index in [4.69, 9.17) is 0 Å². The predicted octanol–water partition coefficient (Wildman–Crippen LogP) is 2.09. The number of likely N-dealkylation sites (tertiary alicyclic amines) is 1. The fourth-order valence-corrected chi connectivity index (χ4v) is 4.51. The van der Waals surface area contributed by atoms with E-state index in [9.17, 15) is 14.7 Å². The van der Waals surface area contributed by atoms with E-state index >= 15 is 0 Å². The van der Waals surface area contributed by atoms with E-state index in [1.54, 1.807) is 15.8 Å². The lowest BCUT2D eigenvalue weighted by Gasteiger charge is -2.23. The summed E-state index contributed by atoms with van der Waals surface area (Å²) in [5, 5.41) is 14.8. The number of fused-ring (bicyclic) bond motifs is 2. The van der Waals surface area contributed by atoms with Gasteiger partial charge in [0, 0.05) is 25.0 Å². The van der Waals surface area contributed by atoms with Gasteiger partial charge in [0.05, 0.1) is 22.9 Å². The Labute approximate surface area is 145 Å². The third-order valence-corrected chi connectivity index (χ3v) is 5.92. The molecule has 3 heterocycles. The number of carbonyl (C=O) groups is 2. The number of hydrogen-bond acceptors (Lipinski definition) is 4. The summed E-state index contributed by atoms with van der Waals surface area (Å²) in [6.07, 6.45) is 4.20. The summed E-state index contributed by atoms with van der Waals surface area (Å²) in [5.41, 5.74) is 1.23. The molecule has 7 nitrogen and oxygen atoms in total. The van der Waals surface area contributed by atoms with Crippen molar-refractivity contribution in [2.45, 2.75) is 39.7 Å². The van der Waals surface area contributed by atoms with Crippen molar-refractivity contribution in [3.05, 3.63) is 23.5 Å². The minimum atomic E-state index is -0.764. The number of carboxylic acid groups (broad SMARTS) is 1. The number of amides is 1. The molecule has 1 amide bonds. The molecule has 0 spiro atoms. The zero-order chi connectivity index (χ0) is 17.8. The molecular weight excluding hydrogens is 320 g/mol.